The van der Waals surface area contributed by atoms with Gasteiger partial charge in [0.15, 0.2) is 6.10 Å². The number of nitro groups is 1. The van der Waals surface area contributed by atoms with Crippen LogP contribution in [0.5, 0.6) is 0 Å². The second-order valence-corrected chi connectivity index (χ2v) is 6.88. The molecular formula is C23H27NO7. The zero-order chi connectivity index (χ0) is 22.5. The minimum Gasteiger partial charge on any atom is -0.457 e. The van der Waals surface area contributed by atoms with Crippen LogP contribution in [-0.4, -0.2) is 47.5 Å². The van der Waals surface area contributed by atoms with Crippen molar-refractivity contribution in [1.29, 1.82) is 0 Å². The highest BCUT2D eigenvalue weighted by molar-refractivity contribution is 5.66. The molecule has 1 unspecified atom stereocenters. The number of nitrogens with zero attached hydrogens (tertiary/aromatic N) is 1. The van der Waals surface area contributed by atoms with Crippen LogP contribution in [0.15, 0.2) is 72.8 Å². The van der Waals surface area contributed by atoms with E-state index in [2.05, 4.69) is 0 Å². The number of benzene rings is 2. The molecule has 1 N–H and O–H groups in total. The smallest absolute Gasteiger partial charge is 0.303 e. The molecule has 0 aliphatic carbocycles. The highest BCUT2D eigenvalue weighted by atomic mass is 16.6. The van der Waals surface area contributed by atoms with Crippen LogP contribution in [0.25, 0.3) is 0 Å². The van der Waals surface area contributed by atoms with Crippen molar-refractivity contribution in [2.24, 2.45) is 0 Å². The van der Waals surface area contributed by atoms with E-state index in [1.165, 1.54) is 19.1 Å². The number of hydrogen-bond acceptors (Lipinski definition) is 7. The van der Waals surface area contributed by atoms with Crippen molar-refractivity contribution in [2.75, 3.05) is 13.2 Å². The number of aliphatic hydroxyl groups excluding tert-OH is 1. The predicted molar refractivity (Wildman–Crippen MR) is 114 cm³/mol. The number of aliphatic hydroxyl groups is 1. The Morgan fingerprint density at radius 3 is 2.16 bits per heavy atom. The van der Waals surface area contributed by atoms with Crippen molar-refractivity contribution >= 4 is 5.97 Å². The van der Waals surface area contributed by atoms with E-state index >= 15 is 0 Å². The predicted octanol–water partition coefficient (Wildman–Crippen LogP) is 2.91. The van der Waals surface area contributed by atoms with E-state index < -0.39 is 35.7 Å². The number of esters is 1. The van der Waals surface area contributed by atoms with Crippen LogP contribution in [0.4, 0.5) is 0 Å². The Morgan fingerprint density at radius 1 is 1.03 bits per heavy atom. The third-order valence-electron chi connectivity index (χ3n) is 4.22. The molecule has 0 aliphatic rings. The summed E-state index contributed by atoms with van der Waals surface area (Å²) < 4.78 is 17.0. The molecule has 3 atom stereocenters. The quantitative estimate of drug-likeness (QED) is 0.226. The van der Waals surface area contributed by atoms with Crippen LogP contribution >= 0.6 is 0 Å². The first kappa shape index (κ1) is 24.2. The lowest BCUT2D eigenvalue weighted by molar-refractivity contribution is -0.487. The van der Waals surface area contributed by atoms with Crippen LogP contribution in [-0.2, 0) is 32.2 Å². The largest absolute Gasteiger partial charge is 0.457 e. The summed E-state index contributed by atoms with van der Waals surface area (Å²) in [4.78, 5) is 21.7. The van der Waals surface area contributed by atoms with Crippen LogP contribution in [0.1, 0.15) is 18.1 Å². The normalized spacial score (nSPS) is 14.1. The molecule has 0 spiro atoms. The van der Waals surface area contributed by atoms with Gasteiger partial charge < -0.3 is 19.3 Å². The third kappa shape index (κ3) is 9.99. The number of hydrogen-bond donors (Lipinski definition) is 1. The summed E-state index contributed by atoms with van der Waals surface area (Å²) in [7, 11) is 0. The Bertz CT molecular complexity index is 826. The molecule has 8 nitrogen and oxygen atoms in total. The molecule has 0 radical (unpaired) electrons. The van der Waals surface area contributed by atoms with Crippen molar-refractivity contribution in [2.45, 2.75) is 38.4 Å². The molecule has 2 rings (SSSR count). The van der Waals surface area contributed by atoms with Crippen molar-refractivity contribution in [3.8, 4) is 0 Å². The van der Waals surface area contributed by atoms with Gasteiger partial charge in [0.2, 0.25) is 6.54 Å². The molecule has 0 bridgehead atoms. The van der Waals surface area contributed by atoms with Crippen LogP contribution < -0.4 is 0 Å². The maximum Gasteiger partial charge on any atom is 0.303 e. The lowest BCUT2D eigenvalue weighted by Gasteiger charge is -2.25. The Kier molecular flexibility index (Phi) is 10.4. The summed E-state index contributed by atoms with van der Waals surface area (Å²) in [5, 5.41) is 20.4. The lowest BCUT2D eigenvalue weighted by Crippen LogP contribution is -2.36. The van der Waals surface area contributed by atoms with Crippen molar-refractivity contribution in [1.82, 2.24) is 0 Å². The summed E-state index contributed by atoms with van der Waals surface area (Å²) >= 11 is 0. The van der Waals surface area contributed by atoms with Crippen LogP contribution in [0.2, 0.25) is 0 Å². The molecule has 0 saturated carbocycles. The van der Waals surface area contributed by atoms with Gasteiger partial charge in [-0.15, -0.1) is 0 Å². The number of carbonyl (C=O) groups is 1. The number of carbonyl (C=O) groups excluding carboxylic acids is 1. The minimum absolute atomic E-state index is 0.0452. The van der Waals surface area contributed by atoms with E-state index in [0.717, 1.165) is 11.1 Å². The third-order valence-corrected chi connectivity index (χ3v) is 4.22. The lowest BCUT2D eigenvalue weighted by atomic mass is 10.1. The van der Waals surface area contributed by atoms with Crippen molar-refractivity contribution in [3.05, 3.63) is 94.1 Å². The minimum atomic E-state index is -1.29. The first-order chi connectivity index (χ1) is 14.9. The molecule has 0 aromatic heterocycles. The summed E-state index contributed by atoms with van der Waals surface area (Å²) in [5.74, 6) is -0.513. The van der Waals surface area contributed by atoms with Gasteiger partial charge in [-0.1, -0.05) is 72.8 Å². The van der Waals surface area contributed by atoms with Crippen LogP contribution in [0, 0.1) is 10.1 Å². The SMILES string of the molecule is CC(=O)O[C@H](COCc1ccccc1)[C@H](/C=C/C(O)C[N+](=O)[O-])OCc1ccccc1. The molecule has 2 aromatic rings. The second kappa shape index (κ2) is 13.3. The standard InChI is InChI=1S/C23H27NO7/c1-18(25)31-23(17-29-15-19-8-4-2-5-9-19)22(13-12-21(26)14-24(27)28)30-16-20-10-6-3-7-11-20/h2-13,21-23,26H,14-17H2,1H3/b13-12+/t21?,22-,23+/m0/s1. The maximum absolute atomic E-state index is 11.7. The average molecular weight is 429 g/mol. The highest BCUT2D eigenvalue weighted by Crippen LogP contribution is 2.13. The Hall–Kier alpha value is -3.07. The fourth-order valence-corrected chi connectivity index (χ4v) is 2.78. The number of ether oxygens (including phenoxy) is 3. The fraction of sp³-hybridized carbons (Fsp3) is 0.348. The molecule has 8 heteroatoms. The zero-order valence-corrected chi connectivity index (χ0v) is 17.3. The van der Waals surface area contributed by atoms with Crippen LogP contribution in [0.3, 0.4) is 0 Å². The molecule has 0 aliphatic heterocycles. The molecule has 0 saturated heterocycles. The topological polar surface area (TPSA) is 108 Å². The van der Waals surface area contributed by atoms with Crippen molar-refractivity contribution < 1.29 is 29.0 Å². The average Bonchev–Trinajstić information content (AvgIpc) is 2.74. The summed E-state index contributed by atoms with van der Waals surface area (Å²) in [5.41, 5.74) is 1.86. The number of rotatable bonds is 13. The molecule has 2 aromatic carbocycles. The van der Waals surface area contributed by atoms with Gasteiger partial charge in [0.1, 0.15) is 12.2 Å². The van der Waals surface area contributed by atoms with Gasteiger partial charge in [-0.2, -0.15) is 0 Å². The van der Waals surface area contributed by atoms with E-state index in [1.807, 2.05) is 60.7 Å². The Morgan fingerprint density at radius 2 is 1.61 bits per heavy atom. The van der Waals surface area contributed by atoms with Gasteiger partial charge in [0, 0.05) is 11.8 Å². The molecule has 0 fully saturated rings. The van der Waals surface area contributed by atoms with Gasteiger partial charge in [-0.25, -0.2) is 0 Å². The highest BCUT2D eigenvalue weighted by Gasteiger charge is 2.24. The summed E-state index contributed by atoms with van der Waals surface area (Å²) in [6.45, 7) is 1.23. The summed E-state index contributed by atoms with van der Waals surface area (Å²) in [6, 6.07) is 18.9. The monoisotopic (exact) mass is 429 g/mol. The summed E-state index contributed by atoms with van der Waals surface area (Å²) in [6.07, 6.45) is -0.130. The fourth-order valence-electron chi connectivity index (χ4n) is 2.78. The first-order valence-electron chi connectivity index (χ1n) is 9.86. The van der Waals surface area contributed by atoms with E-state index in [1.54, 1.807) is 0 Å². The van der Waals surface area contributed by atoms with Gasteiger partial charge in [0.25, 0.3) is 0 Å². The molecule has 31 heavy (non-hydrogen) atoms. The zero-order valence-electron chi connectivity index (χ0n) is 17.3. The molecule has 0 amide bonds. The molecule has 166 valence electrons. The second-order valence-electron chi connectivity index (χ2n) is 6.88. The van der Waals surface area contributed by atoms with E-state index in [-0.39, 0.29) is 13.2 Å². The molecular weight excluding hydrogens is 402 g/mol. The van der Waals surface area contributed by atoms with Gasteiger partial charge in [0.05, 0.1) is 19.8 Å². The van der Waals surface area contributed by atoms with Gasteiger partial charge in [-0.05, 0) is 11.1 Å². The Labute approximate surface area is 181 Å². The van der Waals surface area contributed by atoms with Gasteiger partial charge >= 0.3 is 5.97 Å². The first-order valence-corrected chi connectivity index (χ1v) is 9.86. The van der Waals surface area contributed by atoms with Gasteiger partial charge in [-0.3, -0.25) is 14.9 Å². The van der Waals surface area contributed by atoms with E-state index in [0.29, 0.717) is 6.61 Å². The van der Waals surface area contributed by atoms with E-state index in [4.69, 9.17) is 14.2 Å². The molecule has 0 heterocycles. The van der Waals surface area contributed by atoms with Crippen molar-refractivity contribution in [3.63, 3.8) is 0 Å². The van der Waals surface area contributed by atoms with E-state index in [9.17, 15) is 20.0 Å². The maximum atomic E-state index is 11.7. The Balaban J connectivity index is 2.09.